The molecule has 0 heterocycles. The largest absolute Gasteiger partial charge is 0.508 e. The van der Waals surface area contributed by atoms with Crippen molar-refractivity contribution in [2.45, 2.75) is 0 Å². The summed E-state index contributed by atoms with van der Waals surface area (Å²) in [6.07, 6.45) is 0. The number of hydrogen-bond acceptors (Lipinski definition) is 6. The molecule has 24 heavy (non-hydrogen) atoms. The summed E-state index contributed by atoms with van der Waals surface area (Å²) in [7, 11) is 0. The molecule has 6 heteroatoms. The van der Waals surface area contributed by atoms with Gasteiger partial charge in [0.15, 0.2) is 0 Å². The maximum absolute atomic E-state index is 9.21. The Labute approximate surface area is 138 Å². The number of phenols is 2. The fourth-order valence-corrected chi connectivity index (χ4v) is 1.86. The van der Waals surface area contributed by atoms with E-state index in [0.717, 1.165) is 0 Å². The van der Waals surface area contributed by atoms with Gasteiger partial charge in [0.05, 0.1) is 22.7 Å². The summed E-state index contributed by atoms with van der Waals surface area (Å²) >= 11 is 0. The van der Waals surface area contributed by atoms with Crippen molar-refractivity contribution in [1.82, 2.24) is 0 Å². The van der Waals surface area contributed by atoms with Crippen molar-refractivity contribution in [3.8, 4) is 11.5 Å². The van der Waals surface area contributed by atoms with E-state index >= 15 is 0 Å². The summed E-state index contributed by atoms with van der Waals surface area (Å²) in [6.45, 7) is 0. The molecule has 0 aliphatic heterocycles. The van der Waals surface area contributed by atoms with Crippen LogP contribution in [0.4, 0.5) is 22.7 Å². The molecule has 0 spiro atoms. The Bertz CT molecular complexity index is 781. The van der Waals surface area contributed by atoms with Crippen molar-refractivity contribution in [2.24, 2.45) is 20.5 Å². The molecule has 3 aromatic carbocycles. The zero-order valence-electron chi connectivity index (χ0n) is 12.6. The highest BCUT2D eigenvalue weighted by Gasteiger charge is 1.95. The van der Waals surface area contributed by atoms with Crippen molar-refractivity contribution >= 4 is 22.7 Å². The van der Waals surface area contributed by atoms with Gasteiger partial charge in [-0.25, -0.2) is 0 Å². The molecule has 0 fully saturated rings. The quantitative estimate of drug-likeness (QED) is 0.584. The number of rotatable bonds is 4. The number of benzene rings is 3. The zero-order valence-corrected chi connectivity index (χ0v) is 12.6. The third-order valence-electron chi connectivity index (χ3n) is 3.11. The smallest absolute Gasteiger partial charge is 0.115 e. The normalized spacial score (nSPS) is 11.3. The van der Waals surface area contributed by atoms with Crippen LogP contribution in [0.1, 0.15) is 0 Å². The van der Waals surface area contributed by atoms with E-state index in [9.17, 15) is 10.2 Å². The lowest BCUT2D eigenvalue weighted by Gasteiger charge is -1.96. The van der Waals surface area contributed by atoms with E-state index < -0.39 is 0 Å². The molecular weight excluding hydrogens is 304 g/mol. The van der Waals surface area contributed by atoms with Gasteiger partial charge in [-0.1, -0.05) is 0 Å². The SMILES string of the molecule is Oc1ccc(N=Nc2ccc(N=Nc3ccc(O)cc3)cc2)cc1. The molecule has 0 aromatic heterocycles. The van der Waals surface area contributed by atoms with Crippen molar-refractivity contribution in [3.63, 3.8) is 0 Å². The van der Waals surface area contributed by atoms with Gasteiger partial charge >= 0.3 is 0 Å². The van der Waals surface area contributed by atoms with E-state index in [-0.39, 0.29) is 11.5 Å². The molecule has 0 amide bonds. The van der Waals surface area contributed by atoms with Crippen LogP contribution in [0.2, 0.25) is 0 Å². The van der Waals surface area contributed by atoms with Crippen LogP contribution in [0, 0.1) is 0 Å². The molecule has 3 rings (SSSR count). The van der Waals surface area contributed by atoms with Crippen molar-refractivity contribution in [2.75, 3.05) is 0 Å². The van der Waals surface area contributed by atoms with Crippen LogP contribution in [-0.2, 0) is 0 Å². The van der Waals surface area contributed by atoms with Gasteiger partial charge in [-0.3, -0.25) is 0 Å². The van der Waals surface area contributed by atoms with Gasteiger partial charge in [-0.05, 0) is 72.8 Å². The predicted molar refractivity (Wildman–Crippen MR) is 91.0 cm³/mol. The molecule has 0 bridgehead atoms. The number of nitrogens with zero attached hydrogens (tertiary/aromatic N) is 4. The third-order valence-corrected chi connectivity index (χ3v) is 3.11. The Balaban J connectivity index is 1.66. The van der Waals surface area contributed by atoms with Gasteiger partial charge in [-0.15, -0.1) is 0 Å². The molecule has 3 aromatic rings. The van der Waals surface area contributed by atoms with Gasteiger partial charge in [-0.2, -0.15) is 20.5 Å². The number of azo groups is 2. The van der Waals surface area contributed by atoms with Crippen LogP contribution in [0.15, 0.2) is 93.3 Å². The van der Waals surface area contributed by atoms with Gasteiger partial charge < -0.3 is 10.2 Å². The summed E-state index contributed by atoms with van der Waals surface area (Å²) in [4.78, 5) is 0. The van der Waals surface area contributed by atoms with Crippen LogP contribution in [0.5, 0.6) is 11.5 Å². The van der Waals surface area contributed by atoms with Gasteiger partial charge in [0.1, 0.15) is 11.5 Å². The van der Waals surface area contributed by atoms with Crippen molar-refractivity contribution in [1.29, 1.82) is 0 Å². The second kappa shape index (κ2) is 7.15. The maximum atomic E-state index is 9.21. The first kappa shape index (κ1) is 15.4. The predicted octanol–water partition coefficient (Wildman–Crippen LogP) is 5.93. The number of hydrogen-bond donors (Lipinski definition) is 2. The molecule has 0 unspecified atom stereocenters. The lowest BCUT2D eigenvalue weighted by molar-refractivity contribution is 0.475. The summed E-state index contributed by atoms with van der Waals surface area (Å²) in [5.74, 6) is 0.384. The fraction of sp³-hybridized carbons (Fsp3) is 0. The highest BCUT2D eigenvalue weighted by Crippen LogP contribution is 2.24. The Kier molecular flexibility index (Phi) is 4.57. The Morgan fingerprint density at radius 1 is 0.375 bits per heavy atom. The third kappa shape index (κ3) is 4.23. The van der Waals surface area contributed by atoms with Crippen molar-refractivity contribution in [3.05, 3.63) is 72.8 Å². The van der Waals surface area contributed by atoms with E-state index in [4.69, 9.17) is 0 Å². The summed E-state index contributed by atoms with van der Waals surface area (Å²) in [5, 5.41) is 34.8. The average Bonchev–Trinajstić information content (AvgIpc) is 2.62. The van der Waals surface area contributed by atoms with Crippen LogP contribution in [0.3, 0.4) is 0 Å². The second-order valence-electron chi connectivity index (χ2n) is 4.95. The summed E-state index contributed by atoms with van der Waals surface area (Å²) in [5.41, 5.74) is 2.69. The molecular formula is C18H14N4O2. The highest BCUT2D eigenvalue weighted by molar-refractivity contribution is 5.48. The molecule has 0 radical (unpaired) electrons. The van der Waals surface area contributed by atoms with E-state index in [1.165, 1.54) is 0 Å². The zero-order chi connectivity index (χ0) is 16.8. The molecule has 0 saturated heterocycles. The van der Waals surface area contributed by atoms with Crippen LogP contribution < -0.4 is 0 Å². The topological polar surface area (TPSA) is 89.9 Å². The Morgan fingerprint density at radius 3 is 0.833 bits per heavy atom. The van der Waals surface area contributed by atoms with Crippen LogP contribution in [0.25, 0.3) is 0 Å². The first-order chi connectivity index (χ1) is 11.7. The van der Waals surface area contributed by atoms with Crippen molar-refractivity contribution < 1.29 is 10.2 Å². The lowest BCUT2D eigenvalue weighted by atomic mass is 10.3. The van der Waals surface area contributed by atoms with Gasteiger partial charge in [0.2, 0.25) is 0 Å². The fourth-order valence-electron chi connectivity index (χ4n) is 1.86. The lowest BCUT2D eigenvalue weighted by Crippen LogP contribution is -1.67. The molecule has 0 saturated carbocycles. The Morgan fingerprint density at radius 2 is 0.583 bits per heavy atom. The minimum absolute atomic E-state index is 0.192. The minimum atomic E-state index is 0.192. The number of phenolic OH excluding ortho intramolecular Hbond substituents is 2. The van der Waals surface area contributed by atoms with Crippen LogP contribution >= 0.6 is 0 Å². The molecule has 0 aliphatic rings. The van der Waals surface area contributed by atoms with E-state index in [2.05, 4.69) is 20.5 Å². The van der Waals surface area contributed by atoms with Gasteiger partial charge in [0, 0.05) is 0 Å². The minimum Gasteiger partial charge on any atom is -0.508 e. The van der Waals surface area contributed by atoms with Gasteiger partial charge in [0.25, 0.3) is 0 Å². The van der Waals surface area contributed by atoms with Crippen LogP contribution in [-0.4, -0.2) is 10.2 Å². The highest BCUT2D eigenvalue weighted by atomic mass is 16.3. The van der Waals surface area contributed by atoms with E-state index in [0.29, 0.717) is 22.7 Å². The summed E-state index contributed by atoms with van der Waals surface area (Å²) in [6, 6.07) is 20.1. The monoisotopic (exact) mass is 318 g/mol. The Hall–Kier alpha value is -3.54. The van der Waals surface area contributed by atoms with E-state index in [1.807, 2.05) is 0 Å². The maximum Gasteiger partial charge on any atom is 0.115 e. The standard InChI is InChI=1S/C18H14N4O2/c23-17-9-5-15(6-10-17)21-19-13-1-2-14(4-3-13)20-22-16-7-11-18(24)12-8-16/h1-12,23-24H. The molecule has 2 N–H and O–H groups in total. The first-order valence-electron chi connectivity index (χ1n) is 7.21. The average molecular weight is 318 g/mol. The second-order valence-corrected chi connectivity index (χ2v) is 4.95. The van der Waals surface area contributed by atoms with E-state index in [1.54, 1.807) is 72.8 Å². The molecule has 6 nitrogen and oxygen atoms in total. The molecule has 0 atom stereocenters. The first-order valence-corrected chi connectivity index (χ1v) is 7.21. The molecule has 0 aliphatic carbocycles. The number of aromatic hydroxyl groups is 2. The molecule has 118 valence electrons. The summed E-state index contributed by atoms with van der Waals surface area (Å²) < 4.78 is 0.